The maximum atomic E-state index is 12.1. The zero-order valence-corrected chi connectivity index (χ0v) is 16.1. The molecule has 0 fully saturated rings. The van der Waals surface area contributed by atoms with Crippen LogP contribution in [0.2, 0.25) is 0 Å². The highest BCUT2D eigenvalue weighted by molar-refractivity contribution is 7.92. The van der Waals surface area contributed by atoms with Crippen LogP contribution in [0.3, 0.4) is 0 Å². The second-order valence-electron chi connectivity index (χ2n) is 6.39. The van der Waals surface area contributed by atoms with Crippen LogP contribution in [-0.4, -0.2) is 33.7 Å². The van der Waals surface area contributed by atoms with E-state index in [-0.39, 0.29) is 18.4 Å². The summed E-state index contributed by atoms with van der Waals surface area (Å²) < 4.78 is 25.3. The summed E-state index contributed by atoms with van der Waals surface area (Å²) in [6.45, 7) is 2.91. The number of rotatable bonds is 9. The predicted molar refractivity (Wildman–Crippen MR) is 106 cm³/mol. The number of carbonyl (C=O) groups excluding carboxylic acids is 1. The lowest BCUT2D eigenvalue weighted by molar-refractivity contribution is -0.121. The number of hydrogen-bond acceptors (Lipinski definition) is 3. The van der Waals surface area contributed by atoms with Gasteiger partial charge in [0.15, 0.2) is 0 Å². The van der Waals surface area contributed by atoms with Gasteiger partial charge in [-0.25, -0.2) is 8.42 Å². The summed E-state index contributed by atoms with van der Waals surface area (Å²) in [5.74, 6) is 0.172. The largest absolute Gasteiger partial charge is 0.356 e. The summed E-state index contributed by atoms with van der Waals surface area (Å²) in [5, 5.41) is 2.93. The second-order valence-corrected chi connectivity index (χ2v) is 8.30. The van der Waals surface area contributed by atoms with Crippen molar-refractivity contribution in [3.05, 3.63) is 66.2 Å². The monoisotopic (exact) mass is 374 g/mol. The molecule has 6 heteroatoms. The van der Waals surface area contributed by atoms with Gasteiger partial charge in [-0.3, -0.25) is 9.10 Å². The minimum absolute atomic E-state index is 0.0608. The lowest BCUT2D eigenvalue weighted by Gasteiger charge is -2.22. The van der Waals surface area contributed by atoms with Crippen molar-refractivity contribution in [1.82, 2.24) is 5.32 Å². The SMILES string of the molecule is C[C@@H](CNC(=O)CCCN(c1ccccc1)S(C)(=O)=O)c1ccccc1. The van der Waals surface area contributed by atoms with Gasteiger partial charge in [-0.2, -0.15) is 0 Å². The van der Waals surface area contributed by atoms with E-state index in [9.17, 15) is 13.2 Å². The third-order valence-electron chi connectivity index (χ3n) is 4.18. The Morgan fingerprint density at radius 1 is 1.04 bits per heavy atom. The van der Waals surface area contributed by atoms with Crippen molar-refractivity contribution < 1.29 is 13.2 Å². The number of benzene rings is 2. The van der Waals surface area contributed by atoms with Gasteiger partial charge in [0.2, 0.25) is 15.9 Å². The first-order valence-corrected chi connectivity index (χ1v) is 10.6. The highest BCUT2D eigenvalue weighted by Gasteiger charge is 2.17. The molecule has 0 aromatic heterocycles. The van der Waals surface area contributed by atoms with Crippen LogP contribution in [0.5, 0.6) is 0 Å². The van der Waals surface area contributed by atoms with Crippen molar-refractivity contribution in [3.63, 3.8) is 0 Å². The summed E-state index contributed by atoms with van der Waals surface area (Å²) in [4.78, 5) is 12.1. The van der Waals surface area contributed by atoms with Gasteiger partial charge in [0.25, 0.3) is 0 Å². The van der Waals surface area contributed by atoms with Gasteiger partial charge in [0.1, 0.15) is 0 Å². The highest BCUT2D eigenvalue weighted by atomic mass is 32.2. The average Bonchev–Trinajstić information content (AvgIpc) is 2.63. The molecule has 0 aliphatic rings. The van der Waals surface area contributed by atoms with Crippen LogP contribution in [-0.2, 0) is 14.8 Å². The van der Waals surface area contributed by atoms with Crippen LogP contribution in [0.25, 0.3) is 0 Å². The number of amides is 1. The minimum Gasteiger partial charge on any atom is -0.356 e. The molecule has 0 aliphatic heterocycles. The van der Waals surface area contributed by atoms with E-state index >= 15 is 0 Å². The normalized spacial score (nSPS) is 12.4. The first kappa shape index (κ1) is 20.0. The van der Waals surface area contributed by atoms with E-state index in [4.69, 9.17) is 0 Å². The molecule has 2 aromatic carbocycles. The number of para-hydroxylation sites is 1. The third kappa shape index (κ3) is 6.19. The molecule has 1 amide bonds. The fourth-order valence-electron chi connectivity index (χ4n) is 2.72. The van der Waals surface area contributed by atoms with E-state index in [0.717, 1.165) is 0 Å². The minimum atomic E-state index is -3.38. The molecule has 2 rings (SSSR count). The van der Waals surface area contributed by atoms with Crippen LogP contribution in [0.4, 0.5) is 5.69 Å². The molecule has 1 atom stereocenters. The maximum Gasteiger partial charge on any atom is 0.232 e. The van der Waals surface area contributed by atoms with E-state index in [1.54, 1.807) is 24.3 Å². The van der Waals surface area contributed by atoms with E-state index in [1.807, 2.05) is 36.4 Å². The van der Waals surface area contributed by atoms with Gasteiger partial charge < -0.3 is 5.32 Å². The van der Waals surface area contributed by atoms with Gasteiger partial charge >= 0.3 is 0 Å². The van der Waals surface area contributed by atoms with Crippen molar-refractivity contribution in [1.29, 1.82) is 0 Å². The Morgan fingerprint density at radius 2 is 1.62 bits per heavy atom. The Kier molecular flexibility index (Phi) is 7.21. The van der Waals surface area contributed by atoms with Crippen LogP contribution in [0, 0.1) is 0 Å². The van der Waals surface area contributed by atoms with Crippen LogP contribution < -0.4 is 9.62 Å². The molecule has 0 bridgehead atoms. The topological polar surface area (TPSA) is 66.5 Å². The molecule has 0 radical (unpaired) electrons. The van der Waals surface area contributed by atoms with E-state index in [2.05, 4.69) is 12.2 Å². The first-order chi connectivity index (χ1) is 12.4. The summed E-state index contributed by atoms with van der Waals surface area (Å²) in [5.41, 5.74) is 1.80. The van der Waals surface area contributed by atoms with E-state index < -0.39 is 10.0 Å². The molecule has 0 aliphatic carbocycles. The molecule has 0 heterocycles. The number of nitrogens with one attached hydrogen (secondary N) is 1. The number of nitrogens with zero attached hydrogens (tertiary/aromatic N) is 1. The molecule has 0 saturated carbocycles. The van der Waals surface area contributed by atoms with Crippen molar-refractivity contribution in [3.8, 4) is 0 Å². The molecule has 0 saturated heterocycles. The zero-order chi connectivity index (χ0) is 19.0. The third-order valence-corrected chi connectivity index (χ3v) is 5.38. The molecular weight excluding hydrogens is 348 g/mol. The van der Waals surface area contributed by atoms with E-state index in [0.29, 0.717) is 25.1 Å². The summed E-state index contributed by atoms with van der Waals surface area (Å²) >= 11 is 0. The fraction of sp³-hybridized carbons (Fsp3) is 0.350. The number of hydrogen-bond donors (Lipinski definition) is 1. The predicted octanol–water partition coefficient (Wildman–Crippen LogP) is 3.15. The number of anilines is 1. The smallest absolute Gasteiger partial charge is 0.232 e. The first-order valence-electron chi connectivity index (χ1n) is 8.72. The van der Waals surface area contributed by atoms with Gasteiger partial charge in [0, 0.05) is 19.5 Å². The number of sulfonamides is 1. The van der Waals surface area contributed by atoms with Crippen LogP contribution in [0.1, 0.15) is 31.2 Å². The standard InChI is InChI=1S/C20H26N2O3S/c1-17(18-10-5-3-6-11-18)16-21-20(23)14-9-15-22(26(2,24)25)19-12-7-4-8-13-19/h3-8,10-13,17H,9,14-16H2,1-2H3,(H,21,23)/t17-/m0/s1. The molecular formula is C20H26N2O3S. The molecule has 2 aromatic rings. The maximum absolute atomic E-state index is 12.1. The zero-order valence-electron chi connectivity index (χ0n) is 15.3. The van der Waals surface area contributed by atoms with Gasteiger partial charge in [-0.1, -0.05) is 55.5 Å². The molecule has 0 spiro atoms. The van der Waals surface area contributed by atoms with Crippen molar-refractivity contribution in [2.45, 2.75) is 25.7 Å². The lowest BCUT2D eigenvalue weighted by atomic mass is 10.0. The summed E-state index contributed by atoms with van der Waals surface area (Å²) in [7, 11) is -3.38. The Hall–Kier alpha value is -2.34. The van der Waals surface area contributed by atoms with E-state index in [1.165, 1.54) is 16.1 Å². The van der Waals surface area contributed by atoms with Crippen molar-refractivity contribution >= 4 is 21.6 Å². The van der Waals surface area contributed by atoms with Crippen LogP contribution >= 0.6 is 0 Å². The average molecular weight is 375 g/mol. The molecule has 26 heavy (non-hydrogen) atoms. The fourth-order valence-corrected chi connectivity index (χ4v) is 3.68. The molecule has 140 valence electrons. The van der Waals surface area contributed by atoms with Gasteiger partial charge in [-0.15, -0.1) is 0 Å². The molecule has 0 unspecified atom stereocenters. The summed E-state index contributed by atoms with van der Waals surface area (Å²) in [6, 6.07) is 19.0. The Labute approximate surface area is 156 Å². The Morgan fingerprint density at radius 3 is 2.19 bits per heavy atom. The Bertz CT molecular complexity index is 792. The van der Waals surface area contributed by atoms with Crippen molar-refractivity contribution in [2.75, 3.05) is 23.7 Å². The second kappa shape index (κ2) is 9.38. The quantitative estimate of drug-likeness (QED) is 0.733. The van der Waals surface area contributed by atoms with Gasteiger partial charge in [0.05, 0.1) is 11.9 Å². The number of carbonyl (C=O) groups is 1. The molecule has 1 N–H and O–H groups in total. The lowest BCUT2D eigenvalue weighted by Crippen LogP contribution is -2.32. The van der Waals surface area contributed by atoms with Crippen LogP contribution in [0.15, 0.2) is 60.7 Å². The Balaban J connectivity index is 1.81. The molecule has 5 nitrogen and oxygen atoms in total. The summed E-state index contributed by atoms with van der Waals surface area (Å²) in [6.07, 6.45) is 1.94. The van der Waals surface area contributed by atoms with Gasteiger partial charge in [-0.05, 0) is 30.0 Å². The van der Waals surface area contributed by atoms with Crippen molar-refractivity contribution in [2.24, 2.45) is 0 Å². The highest BCUT2D eigenvalue weighted by Crippen LogP contribution is 2.17.